The molecule has 0 saturated heterocycles. The van der Waals surface area contributed by atoms with Crippen molar-refractivity contribution < 1.29 is 18.0 Å². The zero-order chi connectivity index (χ0) is 20.3. The number of rotatable bonds is 4. The number of nitrogens with one attached hydrogen (secondary N) is 1. The largest absolute Gasteiger partial charge is 0.416 e. The summed E-state index contributed by atoms with van der Waals surface area (Å²) in [5.74, 6) is -0.287. The van der Waals surface area contributed by atoms with E-state index in [0.29, 0.717) is 11.1 Å². The summed E-state index contributed by atoms with van der Waals surface area (Å²) in [6, 6.07) is 13.5. The Bertz CT molecular complexity index is 964. The Morgan fingerprint density at radius 1 is 1.00 bits per heavy atom. The molecular formula is C22H19F3N2O. The molecule has 0 fully saturated rings. The molecule has 1 aromatic heterocycles. The fraction of sp³-hybridized carbons (Fsp3) is 0.182. The van der Waals surface area contributed by atoms with E-state index >= 15 is 0 Å². The Morgan fingerprint density at radius 2 is 1.64 bits per heavy atom. The van der Waals surface area contributed by atoms with Gasteiger partial charge in [0.2, 0.25) is 0 Å². The standard InChI is InChI=1S/C22H19F3N2O/c1-14-13-26-12-11-20(14)17-3-5-18(6-4-17)21(28)27-15(2)16-7-9-19(10-8-16)22(23,24)25/h3-13,15H,1-2H3,(H,27,28)/t15-/m0/s1. The zero-order valence-electron chi connectivity index (χ0n) is 15.4. The molecule has 0 aliphatic heterocycles. The van der Waals surface area contributed by atoms with Crippen molar-refractivity contribution in [3.63, 3.8) is 0 Å². The van der Waals surface area contributed by atoms with Crippen LogP contribution in [0.15, 0.2) is 67.0 Å². The van der Waals surface area contributed by atoms with Crippen molar-refractivity contribution in [3.8, 4) is 11.1 Å². The molecule has 144 valence electrons. The van der Waals surface area contributed by atoms with E-state index in [1.165, 1.54) is 12.1 Å². The van der Waals surface area contributed by atoms with E-state index in [2.05, 4.69) is 10.3 Å². The number of carbonyl (C=O) groups excluding carboxylic acids is 1. The first-order valence-electron chi connectivity index (χ1n) is 8.75. The smallest absolute Gasteiger partial charge is 0.346 e. The van der Waals surface area contributed by atoms with Crippen LogP contribution in [0.25, 0.3) is 11.1 Å². The van der Waals surface area contributed by atoms with Crippen LogP contribution in [-0.4, -0.2) is 10.9 Å². The Labute approximate surface area is 161 Å². The number of benzene rings is 2. The highest BCUT2D eigenvalue weighted by Gasteiger charge is 2.30. The molecule has 1 atom stereocenters. The molecule has 0 unspecified atom stereocenters. The number of aryl methyl sites for hydroxylation is 1. The van der Waals surface area contributed by atoms with E-state index in [9.17, 15) is 18.0 Å². The molecule has 0 bridgehead atoms. The van der Waals surface area contributed by atoms with Gasteiger partial charge in [0.05, 0.1) is 11.6 Å². The first-order chi connectivity index (χ1) is 13.3. The molecule has 1 heterocycles. The minimum absolute atomic E-state index is 0.287. The van der Waals surface area contributed by atoms with Crippen LogP contribution in [0.3, 0.4) is 0 Å². The van der Waals surface area contributed by atoms with Crippen molar-refractivity contribution >= 4 is 5.91 Å². The Morgan fingerprint density at radius 3 is 2.21 bits per heavy atom. The van der Waals surface area contributed by atoms with Crippen LogP contribution < -0.4 is 5.32 Å². The van der Waals surface area contributed by atoms with Gasteiger partial charge in [-0.05, 0) is 66.4 Å². The van der Waals surface area contributed by atoms with Crippen LogP contribution in [0.5, 0.6) is 0 Å². The lowest BCUT2D eigenvalue weighted by atomic mass is 10.0. The summed E-state index contributed by atoms with van der Waals surface area (Å²) in [6.45, 7) is 3.70. The molecule has 0 aliphatic carbocycles. The van der Waals surface area contributed by atoms with Crippen LogP contribution in [0, 0.1) is 6.92 Å². The van der Waals surface area contributed by atoms with Gasteiger partial charge >= 0.3 is 6.18 Å². The second kappa shape index (κ2) is 7.84. The predicted molar refractivity (Wildman–Crippen MR) is 102 cm³/mol. The Hall–Kier alpha value is -3.15. The maximum absolute atomic E-state index is 12.7. The van der Waals surface area contributed by atoms with Crippen molar-refractivity contribution in [3.05, 3.63) is 89.2 Å². The summed E-state index contributed by atoms with van der Waals surface area (Å²) in [4.78, 5) is 16.5. The van der Waals surface area contributed by atoms with Gasteiger partial charge in [-0.25, -0.2) is 0 Å². The summed E-state index contributed by atoms with van der Waals surface area (Å²) in [5.41, 5.74) is 3.43. The molecular weight excluding hydrogens is 365 g/mol. The first kappa shape index (κ1) is 19.6. The summed E-state index contributed by atoms with van der Waals surface area (Å²) in [5, 5.41) is 2.81. The molecule has 3 aromatic rings. The van der Waals surface area contributed by atoms with Crippen LogP contribution >= 0.6 is 0 Å². The number of halogens is 3. The molecule has 28 heavy (non-hydrogen) atoms. The number of hydrogen-bond donors (Lipinski definition) is 1. The number of hydrogen-bond acceptors (Lipinski definition) is 2. The summed E-state index contributed by atoms with van der Waals surface area (Å²) < 4.78 is 38.0. The lowest BCUT2D eigenvalue weighted by Crippen LogP contribution is -2.26. The monoisotopic (exact) mass is 384 g/mol. The fourth-order valence-electron chi connectivity index (χ4n) is 2.92. The second-order valence-electron chi connectivity index (χ2n) is 6.58. The van der Waals surface area contributed by atoms with Gasteiger partial charge in [-0.2, -0.15) is 13.2 Å². The average molecular weight is 384 g/mol. The van der Waals surface area contributed by atoms with Crippen LogP contribution in [0.2, 0.25) is 0 Å². The van der Waals surface area contributed by atoms with Crippen LogP contribution in [0.4, 0.5) is 13.2 Å². The molecule has 0 aliphatic rings. The van der Waals surface area contributed by atoms with Gasteiger partial charge in [0.25, 0.3) is 5.91 Å². The van der Waals surface area contributed by atoms with Gasteiger partial charge in [0, 0.05) is 18.0 Å². The van der Waals surface area contributed by atoms with Gasteiger partial charge < -0.3 is 5.32 Å². The Balaban J connectivity index is 1.70. The normalized spacial score (nSPS) is 12.5. The van der Waals surface area contributed by atoms with Crippen molar-refractivity contribution in [2.24, 2.45) is 0 Å². The number of aromatic nitrogens is 1. The van der Waals surface area contributed by atoms with E-state index in [0.717, 1.165) is 28.8 Å². The third kappa shape index (κ3) is 4.39. The fourth-order valence-corrected chi connectivity index (χ4v) is 2.92. The molecule has 0 saturated carbocycles. The SMILES string of the molecule is Cc1cnccc1-c1ccc(C(=O)N[C@@H](C)c2ccc(C(F)(F)F)cc2)cc1. The number of pyridine rings is 1. The van der Waals surface area contributed by atoms with Crippen LogP contribution in [0.1, 0.15) is 40.0 Å². The molecule has 1 amide bonds. The minimum Gasteiger partial charge on any atom is -0.346 e. The molecule has 3 rings (SSSR count). The van der Waals surface area contributed by atoms with Gasteiger partial charge in [-0.15, -0.1) is 0 Å². The zero-order valence-corrected chi connectivity index (χ0v) is 15.4. The molecule has 0 spiro atoms. The van der Waals surface area contributed by atoms with E-state index in [-0.39, 0.29) is 5.91 Å². The van der Waals surface area contributed by atoms with Crippen molar-refractivity contribution in [1.29, 1.82) is 0 Å². The second-order valence-corrected chi connectivity index (χ2v) is 6.58. The minimum atomic E-state index is -4.38. The summed E-state index contributed by atoms with van der Waals surface area (Å²) >= 11 is 0. The molecule has 6 heteroatoms. The summed E-state index contributed by atoms with van der Waals surface area (Å²) in [6.07, 6.45) is -0.879. The number of nitrogens with zero attached hydrogens (tertiary/aromatic N) is 1. The van der Waals surface area contributed by atoms with E-state index in [1.54, 1.807) is 31.5 Å². The quantitative estimate of drug-likeness (QED) is 0.639. The third-order valence-electron chi connectivity index (χ3n) is 4.56. The molecule has 3 nitrogen and oxygen atoms in total. The van der Waals surface area contributed by atoms with Gasteiger partial charge in [0.1, 0.15) is 0 Å². The van der Waals surface area contributed by atoms with Crippen molar-refractivity contribution in [1.82, 2.24) is 10.3 Å². The first-order valence-corrected chi connectivity index (χ1v) is 8.75. The lowest BCUT2D eigenvalue weighted by molar-refractivity contribution is -0.137. The van der Waals surface area contributed by atoms with Gasteiger partial charge in [0.15, 0.2) is 0 Å². The number of carbonyl (C=O) groups is 1. The third-order valence-corrected chi connectivity index (χ3v) is 4.56. The highest BCUT2D eigenvalue weighted by molar-refractivity contribution is 5.95. The topological polar surface area (TPSA) is 42.0 Å². The predicted octanol–water partition coefficient (Wildman–Crippen LogP) is 5.57. The van der Waals surface area contributed by atoms with Gasteiger partial charge in [-0.3, -0.25) is 9.78 Å². The van der Waals surface area contributed by atoms with Crippen molar-refractivity contribution in [2.75, 3.05) is 0 Å². The lowest BCUT2D eigenvalue weighted by Gasteiger charge is -2.16. The van der Waals surface area contributed by atoms with E-state index in [1.807, 2.05) is 25.1 Å². The maximum Gasteiger partial charge on any atom is 0.416 e. The number of amides is 1. The van der Waals surface area contributed by atoms with E-state index < -0.39 is 17.8 Å². The average Bonchev–Trinajstić information content (AvgIpc) is 2.68. The number of alkyl halides is 3. The molecule has 1 N–H and O–H groups in total. The van der Waals surface area contributed by atoms with Crippen LogP contribution in [-0.2, 0) is 6.18 Å². The van der Waals surface area contributed by atoms with Crippen molar-refractivity contribution in [2.45, 2.75) is 26.1 Å². The highest BCUT2D eigenvalue weighted by atomic mass is 19.4. The maximum atomic E-state index is 12.7. The molecule has 0 radical (unpaired) electrons. The highest BCUT2D eigenvalue weighted by Crippen LogP contribution is 2.30. The van der Waals surface area contributed by atoms with Gasteiger partial charge in [-0.1, -0.05) is 24.3 Å². The molecule has 2 aromatic carbocycles. The summed E-state index contributed by atoms with van der Waals surface area (Å²) in [7, 11) is 0. The van der Waals surface area contributed by atoms with E-state index in [4.69, 9.17) is 0 Å². The Kier molecular flexibility index (Phi) is 5.49.